The molecule has 1 rings (SSSR count). The van der Waals surface area contributed by atoms with E-state index in [0.717, 1.165) is 0 Å². The van der Waals surface area contributed by atoms with Crippen LogP contribution >= 0.6 is 0 Å². The van der Waals surface area contributed by atoms with Crippen molar-refractivity contribution in [2.24, 2.45) is 0 Å². The van der Waals surface area contributed by atoms with Gasteiger partial charge in [-0.25, -0.2) is 9.59 Å². The summed E-state index contributed by atoms with van der Waals surface area (Å²) in [5.74, 6) is 1.09. The SMILES string of the molecule is C#CCC(NC(=O)NC1(C)CCOCC1)C(=O)O. The highest BCUT2D eigenvalue weighted by molar-refractivity contribution is 5.83. The summed E-state index contributed by atoms with van der Waals surface area (Å²) in [6.45, 7) is 3.08. The highest BCUT2D eigenvalue weighted by Gasteiger charge is 2.30. The van der Waals surface area contributed by atoms with Crippen LogP contribution in [0.25, 0.3) is 0 Å². The molecule has 1 aliphatic heterocycles. The van der Waals surface area contributed by atoms with E-state index in [9.17, 15) is 9.59 Å². The Morgan fingerprint density at radius 1 is 1.50 bits per heavy atom. The van der Waals surface area contributed by atoms with Gasteiger partial charge in [-0.1, -0.05) is 0 Å². The zero-order valence-electron chi connectivity index (χ0n) is 10.4. The highest BCUT2D eigenvalue weighted by Crippen LogP contribution is 2.19. The molecule has 0 aromatic carbocycles. The van der Waals surface area contributed by atoms with Crippen molar-refractivity contribution in [1.82, 2.24) is 10.6 Å². The molecule has 6 nitrogen and oxygen atoms in total. The Labute approximate surface area is 106 Å². The molecule has 1 unspecified atom stereocenters. The number of carbonyl (C=O) groups is 2. The van der Waals surface area contributed by atoms with Crippen molar-refractivity contribution in [2.45, 2.75) is 37.8 Å². The van der Waals surface area contributed by atoms with Crippen LogP contribution in [-0.4, -0.2) is 41.9 Å². The number of rotatable bonds is 4. The van der Waals surface area contributed by atoms with Crippen LogP contribution in [0.15, 0.2) is 0 Å². The smallest absolute Gasteiger partial charge is 0.327 e. The molecule has 1 heterocycles. The topological polar surface area (TPSA) is 87.7 Å². The number of carboxylic acid groups (broad SMARTS) is 1. The third kappa shape index (κ3) is 4.26. The van der Waals surface area contributed by atoms with Gasteiger partial charge in [0.25, 0.3) is 0 Å². The molecule has 2 amide bonds. The molecular weight excluding hydrogens is 236 g/mol. The van der Waals surface area contributed by atoms with Crippen molar-refractivity contribution in [3.63, 3.8) is 0 Å². The fourth-order valence-corrected chi connectivity index (χ4v) is 1.73. The molecule has 1 atom stereocenters. The average molecular weight is 254 g/mol. The van der Waals surface area contributed by atoms with E-state index in [1.54, 1.807) is 0 Å². The summed E-state index contributed by atoms with van der Waals surface area (Å²) in [4.78, 5) is 22.6. The Kier molecular flexibility index (Phi) is 4.98. The molecule has 0 bridgehead atoms. The largest absolute Gasteiger partial charge is 0.480 e. The van der Waals surface area contributed by atoms with E-state index < -0.39 is 18.0 Å². The van der Waals surface area contributed by atoms with Crippen LogP contribution in [-0.2, 0) is 9.53 Å². The van der Waals surface area contributed by atoms with Crippen LogP contribution in [0.5, 0.6) is 0 Å². The molecule has 0 spiro atoms. The van der Waals surface area contributed by atoms with Gasteiger partial charge < -0.3 is 20.5 Å². The molecule has 6 heteroatoms. The molecule has 0 saturated carbocycles. The fourth-order valence-electron chi connectivity index (χ4n) is 1.73. The summed E-state index contributed by atoms with van der Waals surface area (Å²) in [7, 11) is 0. The van der Waals surface area contributed by atoms with Crippen molar-refractivity contribution in [2.75, 3.05) is 13.2 Å². The molecule has 0 aromatic rings. The minimum atomic E-state index is -1.14. The van der Waals surface area contributed by atoms with Gasteiger partial charge in [-0.05, 0) is 19.8 Å². The first-order valence-corrected chi connectivity index (χ1v) is 5.79. The van der Waals surface area contributed by atoms with Crippen molar-refractivity contribution in [3.05, 3.63) is 0 Å². The van der Waals surface area contributed by atoms with Gasteiger partial charge in [-0.2, -0.15) is 0 Å². The molecule has 1 aliphatic rings. The van der Waals surface area contributed by atoms with Gasteiger partial charge in [0.1, 0.15) is 6.04 Å². The summed E-state index contributed by atoms with van der Waals surface area (Å²) in [6, 6.07) is -1.57. The quantitative estimate of drug-likeness (QED) is 0.631. The van der Waals surface area contributed by atoms with E-state index in [0.29, 0.717) is 26.1 Å². The van der Waals surface area contributed by atoms with Crippen LogP contribution in [0.1, 0.15) is 26.2 Å². The van der Waals surface area contributed by atoms with Gasteiger partial charge in [0.2, 0.25) is 0 Å². The Hall–Kier alpha value is -1.74. The lowest BCUT2D eigenvalue weighted by Gasteiger charge is -2.34. The lowest BCUT2D eigenvalue weighted by atomic mass is 9.93. The summed E-state index contributed by atoms with van der Waals surface area (Å²) in [5.41, 5.74) is -0.360. The number of carbonyl (C=O) groups excluding carboxylic acids is 1. The summed E-state index contributed by atoms with van der Waals surface area (Å²) >= 11 is 0. The molecule has 3 N–H and O–H groups in total. The highest BCUT2D eigenvalue weighted by atomic mass is 16.5. The van der Waals surface area contributed by atoms with Crippen molar-refractivity contribution >= 4 is 12.0 Å². The molecule has 1 saturated heterocycles. The van der Waals surface area contributed by atoms with Gasteiger partial charge in [0.05, 0.1) is 0 Å². The van der Waals surface area contributed by atoms with Gasteiger partial charge >= 0.3 is 12.0 Å². The zero-order valence-corrected chi connectivity index (χ0v) is 10.4. The van der Waals surface area contributed by atoms with E-state index in [-0.39, 0.29) is 12.0 Å². The second-order valence-corrected chi connectivity index (χ2v) is 4.57. The maximum absolute atomic E-state index is 11.7. The number of urea groups is 1. The van der Waals surface area contributed by atoms with E-state index >= 15 is 0 Å². The van der Waals surface area contributed by atoms with Gasteiger partial charge in [0.15, 0.2) is 0 Å². The Morgan fingerprint density at radius 3 is 2.61 bits per heavy atom. The van der Waals surface area contributed by atoms with Crippen LogP contribution in [0.4, 0.5) is 4.79 Å². The van der Waals surface area contributed by atoms with Gasteiger partial charge in [-0.15, -0.1) is 12.3 Å². The predicted octanol–water partition coefficient (Wildman–Crippen LogP) is 0.331. The van der Waals surface area contributed by atoms with Crippen molar-refractivity contribution in [1.29, 1.82) is 0 Å². The maximum Gasteiger partial charge on any atom is 0.327 e. The normalized spacial score (nSPS) is 19.3. The lowest BCUT2D eigenvalue weighted by Crippen LogP contribution is -2.55. The third-order valence-corrected chi connectivity index (χ3v) is 2.94. The summed E-state index contributed by atoms with van der Waals surface area (Å²) in [6.07, 6.45) is 6.42. The van der Waals surface area contributed by atoms with Gasteiger partial charge in [0, 0.05) is 25.2 Å². The van der Waals surface area contributed by atoms with Crippen LogP contribution < -0.4 is 10.6 Å². The Morgan fingerprint density at radius 2 is 2.11 bits per heavy atom. The second kappa shape index (κ2) is 6.26. The number of carboxylic acids is 1. The van der Waals surface area contributed by atoms with Gasteiger partial charge in [-0.3, -0.25) is 0 Å². The lowest BCUT2D eigenvalue weighted by molar-refractivity contribution is -0.139. The van der Waals surface area contributed by atoms with Crippen LogP contribution in [0.2, 0.25) is 0 Å². The molecular formula is C12H18N2O4. The Balaban J connectivity index is 2.49. The number of terminal acetylenes is 1. The van der Waals surface area contributed by atoms with Crippen LogP contribution in [0.3, 0.4) is 0 Å². The standard InChI is InChI=1S/C12H18N2O4/c1-3-4-9(10(15)16)13-11(17)14-12(2)5-7-18-8-6-12/h1,9H,4-8H2,2H3,(H,15,16)(H2,13,14,17). The zero-order chi connectivity index (χ0) is 13.6. The number of ether oxygens (including phenoxy) is 1. The van der Waals surface area contributed by atoms with Crippen molar-refractivity contribution in [3.8, 4) is 12.3 Å². The summed E-state index contributed by atoms with van der Waals surface area (Å²) < 4.78 is 5.21. The third-order valence-electron chi connectivity index (χ3n) is 2.94. The minimum Gasteiger partial charge on any atom is -0.480 e. The molecule has 0 aromatic heterocycles. The number of hydrogen-bond acceptors (Lipinski definition) is 3. The van der Waals surface area contributed by atoms with E-state index in [1.807, 2.05) is 6.92 Å². The number of aliphatic carboxylic acids is 1. The van der Waals surface area contributed by atoms with Crippen molar-refractivity contribution < 1.29 is 19.4 Å². The fraction of sp³-hybridized carbons (Fsp3) is 0.667. The van der Waals surface area contributed by atoms with E-state index in [1.165, 1.54) is 0 Å². The maximum atomic E-state index is 11.7. The molecule has 0 radical (unpaired) electrons. The number of amides is 2. The summed E-state index contributed by atoms with van der Waals surface area (Å²) in [5, 5.41) is 14.0. The molecule has 0 aliphatic carbocycles. The molecule has 1 fully saturated rings. The Bertz CT molecular complexity index is 356. The number of nitrogens with one attached hydrogen (secondary N) is 2. The average Bonchev–Trinajstić information content (AvgIpc) is 2.28. The molecule has 18 heavy (non-hydrogen) atoms. The monoisotopic (exact) mass is 254 g/mol. The second-order valence-electron chi connectivity index (χ2n) is 4.57. The van der Waals surface area contributed by atoms with Crippen LogP contribution in [0, 0.1) is 12.3 Å². The predicted molar refractivity (Wildman–Crippen MR) is 65.0 cm³/mol. The first-order valence-electron chi connectivity index (χ1n) is 5.79. The first-order chi connectivity index (χ1) is 8.47. The van der Waals surface area contributed by atoms with E-state index in [2.05, 4.69) is 16.6 Å². The van der Waals surface area contributed by atoms with E-state index in [4.69, 9.17) is 16.3 Å². The molecule has 100 valence electrons. The minimum absolute atomic E-state index is 0.0391. The first kappa shape index (κ1) is 14.3. The number of hydrogen-bond donors (Lipinski definition) is 3.